The van der Waals surface area contributed by atoms with E-state index in [1.54, 1.807) is 19.1 Å². The molecule has 5 nitrogen and oxygen atoms in total. The van der Waals surface area contributed by atoms with Gasteiger partial charge in [0.1, 0.15) is 5.75 Å². The molecule has 0 saturated carbocycles. The Labute approximate surface area is 177 Å². The highest BCUT2D eigenvalue weighted by Crippen LogP contribution is 2.34. The number of halogens is 3. The molecule has 0 aliphatic carbocycles. The molecule has 0 spiro atoms. The minimum absolute atomic E-state index is 0.203. The number of hydrogen-bond acceptors (Lipinski definition) is 3. The third-order valence-electron chi connectivity index (χ3n) is 4.66. The van der Waals surface area contributed by atoms with Gasteiger partial charge >= 0.3 is 6.18 Å². The van der Waals surface area contributed by atoms with Gasteiger partial charge in [-0.05, 0) is 42.0 Å². The van der Waals surface area contributed by atoms with Gasteiger partial charge in [0, 0.05) is 6.54 Å². The maximum Gasteiger partial charge on any atom is 0.418 e. The molecule has 3 aromatic carbocycles. The van der Waals surface area contributed by atoms with Gasteiger partial charge in [0.15, 0.2) is 6.61 Å². The van der Waals surface area contributed by atoms with Crippen LogP contribution in [0.15, 0.2) is 66.7 Å². The number of amides is 2. The van der Waals surface area contributed by atoms with Crippen molar-refractivity contribution in [1.82, 2.24) is 4.90 Å². The normalized spacial score (nSPS) is 11.2. The summed E-state index contributed by atoms with van der Waals surface area (Å²) >= 11 is 0. The first-order valence-corrected chi connectivity index (χ1v) is 9.63. The number of benzene rings is 3. The second-order valence-corrected chi connectivity index (χ2v) is 6.80. The molecular weight excluding hydrogens is 409 g/mol. The van der Waals surface area contributed by atoms with Crippen molar-refractivity contribution in [2.24, 2.45) is 0 Å². The van der Waals surface area contributed by atoms with Crippen LogP contribution in [0.4, 0.5) is 18.9 Å². The zero-order chi connectivity index (χ0) is 22.4. The van der Waals surface area contributed by atoms with Crippen LogP contribution in [0.5, 0.6) is 5.75 Å². The average Bonchev–Trinajstić information content (AvgIpc) is 2.75. The van der Waals surface area contributed by atoms with Crippen molar-refractivity contribution in [2.45, 2.75) is 13.1 Å². The second-order valence-electron chi connectivity index (χ2n) is 6.80. The van der Waals surface area contributed by atoms with Crippen molar-refractivity contribution in [3.8, 4) is 5.75 Å². The fourth-order valence-corrected chi connectivity index (χ4v) is 3.07. The van der Waals surface area contributed by atoms with Crippen LogP contribution in [0.1, 0.15) is 12.5 Å². The lowest BCUT2D eigenvalue weighted by Gasteiger charge is -2.21. The lowest BCUT2D eigenvalue weighted by atomic mass is 10.1. The van der Waals surface area contributed by atoms with E-state index in [1.165, 1.54) is 23.1 Å². The number of likely N-dealkylation sites (N-methyl/N-ethyl adjacent to an activating group) is 1. The maximum absolute atomic E-state index is 13.1. The third-order valence-corrected chi connectivity index (χ3v) is 4.66. The Kier molecular flexibility index (Phi) is 6.79. The number of carbonyl (C=O) groups excluding carboxylic acids is 2. The number of fused-ring (bicyclic) bond motifs is 1. The predicted molar refractivity (Wildman–Crippen MR) is 112 cm³/mol. The van der Waals surface area contributed by atoms with Gasteiger partial charge in [-0.1, -0.05) is 42.5 Å². The van der Waals surface area contributed by atoms with E-state index in [-0.39, 0.29) is 25.4 Å². The number of ether oxygens (including phenoxy) is 1. The van der Waals surface area contributed by atoms with Crippen molar-refractivity contribution < 1.29 is 27.5 Å². The van der Waals surface area contributed by atoms with Gasteiger partial charge in [0.2, 0.25) is 5.91 Å². The molecule has 3 aromatic rings. The number of rotatable bonds is 7. The first kappa shape index (κ1) is 22.1. The minimum atomic E-state index is -4.60. The Hall–Kier alpha value is -3.55. The molecular formula is C23H21F3N2O3. The summed E-state index contributed by atoms with van der Waals surface area (Å²) in [5, 5.41) is 4.23. The number of nitrogens with one attached hydrogen (secondary N) is 1. The summed E-state index contributed by atoms with van der Waals surface area (Å²) in [6.07, 6.45) is -4.60. The highest BCUT2D eigenvalue weighted by atomic mass is 19.4. The number of nitrogens with zero attached hydrogens (tertiary/aromatic N) is 1. The van der Waals surface area contributed by atoms with Gasteiger partial charge in [-0.3, -0.25) is 9.59 Å². The van der Waals surface area contributed by atoms with Crippen LogP contribution < -0.4 is 10.1 Å². The molecule has 0 saturated heterocycles. The summed E-state index contributed by atoms with van der Waals surface area (Å²) < 4.78 is 44.8. The van der Waals surface area contributed by atoms with Gasteiger partial charge < -0.3 is 15.0 Å². The number of carbonyl (C=O) groups is 2. The van der Waals surface area contributed by atoms with Crippen LogP contribution >= 0.6 is 0 Å². The van der Waals surface area contributed by atoms with Gasteiger partial charge in [-0.15, -0.1) is 0 Å². The van der Waals surface area contributed by atoms with E-state index in [9.17, 15) is 22.8 Å². The van der Waals surface area contributed by atoms with E-state index in [0.717, 1.165) is 16.8 Å². The highest BCUT2D eigenvalue weighted by Gasteiger charge is 2.33. The molecule has 0 aliphatic rings. The predicted octanol–water partition coefficient (Wildman–Crippen LogP) is 4.72. The monoisotopic (exact) mass is 430 g/mol. The molecule has 1 N–H and O–H groups in total. The number of alkyl halides is 3. The Morgan fingerprint density at radius 3 is 2.35 bits per heavy atom. The number of para-hydroxylation sites is 1. The molecule has 0 heterocycles. The first-order chi connectivity index (χ1) is 14.8. The smallest absolute Gasteiger partial charge is 0.418 e. The summed E-state index contributed by atoms with van der Waals surface area (Å²) in [6.45, 7) is 1.19. The average molecular weight is 430 g/mol. The summed E-state index contributed by atoms with van der Waals surface area (Å²) in [4.78, 5) is 26.0. The SMILES string of the molecule is CCN(CC(=O)Nc1ccccc1C(F)(F)F)C(=O)COc1ccc2ccccc2c1. The summed E-state index contributed by atoms with van der Waals surface area (Å²) in [5.41, 5.74) is -1.30. The van der Waals surface area contributed by atoms with E-state index in [1.807, 2.05) is 30.3 Å². The molecule has 0 radical (unpaired) electrons. The van der Waals surface area contributed by atoms with Gasteiger partial charge in [-0.2, -0.15) is 13.2 Å². The fourth-order valence-electron chi connectivity index (χ4n) is 3.07. The molecule has 8 heteroatoms. The maximum atomic E-state index is 13.1. The van der Waals surface area contributed by atoms with Crippen molar-refractivity contribution in [2.75, 3.05) is 25.0 Å². The van der Waals surface area contributed by atoms with Gasteiger partial charge in [-0.25, -0.2) is 0 Å². The molecule has 0 aromatic heterocycles. The topological polar surface area (TPSA) is 58.6 Å². The molecule has 0 fully saturated rings. The lowest BCUT2D eigenvalue weighted by molar-refractivity contribution is -0.137. The fraction of sp³-hybridized carbons (Fsp3) is 0.217. The van der Waals surface area contributed by atoms with E-state index in [2.05, 4.69) is 5.32 Å². The van der Waals surface area contributed by atoms with Crippen LogP contribution in [0.25, 0.3) is 10.8 Å². The first-order valence-electron chi connectivity index (χ1n) is 9.63. The van der Waals surface area contributed by atoms with Crippen LogP contribution in [0, 0.1) is 0 Å². The molecule has 0 bridgehead atoms. The van der Waals surface area contributed by atoms with Crippen LogP contribution in [-0.2, 0) is 15.8 Å². The van der Waals surface area contributed by atoms with Crippen LogP contribution in [-0.4, -0.2) is 36.4 Å². The van der Waals surface area contributed by atoms with Crippen molar-refractivity contribution in [3.05, 3.63) is 72.3 Å². The highest BCUT2D eigenvalue weighted by molar-refractivity contribution is 5.95. The number of anilines is 1. The van der Waals surface area contributed by atoms with Crippen molar-refractivity contribution in [3.63, 3.8) is 0 Å². The quantitative estimate of drug-likeness (QED) is 0.590. The molecule has 0 unspecified atom stereocenters. The zero-order valence-electron chi connectivity index (χ0n) is 16.8. The van der Waals surface area contributed by atoms with Crippen molar-refractivity contribution in [1.29, 1.82) is 0 Å². The standard InChI is InChI=1S/C23H21F3N2O3/c1-2-28(14-21(29)27-20-10-6-5-9-19(20)23(24,25)26)22(30)15-31-18-12-11-16-7-3-4-8-17(16)13-18/h3-13H,2,14-15H2,1H3,(H,27,29). The van der Waals surface area contributed by atoms with Crippen LogP contribution in [0.3, 0.4) is 0 Å². The Morgan fingerprint density at radius 1 is 0.968 bits per heavy atom. The van der Waals surface area contributed by atoms with Gasteiger partial charge in [0.25, 0.3) is 5.91 Å². The second kappa shape index (κ2) is 9.51. The molecule has 3 rings (SSSR count). The minimum Gasteiger partial charge on any atom is -0.484 e. The Bertz CT molecular complexity index is 1080. The van der Waals surface area contributed by atoms with Crippen molar-refractivity contribution >= 4 is 28.3 Å². The third kappa shape index (κ3) is 5.75. The molecule has 162 valence electrons. The van der Waals surface area contributed by atoms with E-state index < -0.39 is 23.6 Å². The summed E-state index contributed by atoms with van der Waals surface area (Å²) in [6, 6.07) is 17.8. The Morgan fingerprint density at radius 2 is 1.65 bits per heavy atom. The molecule has 31 heavy (non-hydrogen) atoms. The molecule has 2 amide bonds. The van der Waals surface area contributed by atoms with E-state index in [4.69, 9.17) is 4.74 Å². The summed E-state index contributed by atoms with van der Waals surface area (Å²) in [7, 11) is 0. The molecule has 0 aliphatic heterocycles. The van der Waals surface area contributed by atoms with Gasteiger partial charge in [0.05, 0.1) is 17.8 Å². The van der Waals surface area contributed by atoms with Crippen LogP contribution in [0.2, 0.25) is 0 Å². The number of hydrogen-bond donors (Lipinski definition) is 1. The molecule has 0 atom stereocenters. The Balaban J connectivity index is 1.60. The van der Waals surface area contributed by atoms with E-state index >= 15 is 0 Å². The largest absolute Gasteiger partial charge is 0.484 e. The summed E-state index contributed by atoms with van der Waals surface area (Å²) in [5.74, 6) is -0.667. The lowest BCUT2D eigenvalue weighted by Crippen LogP contribution is -2.40. The van der Waals surface area contributed by atoms with E-state index in [0.29, 0.717) is 5.75 Å². The zero-order valence-corrected chi connectivity index (χ0v) is 16.8.